The average molecular weight is 400 g/mol. The van der Waals surface area contributed by atoms with Gasteiger partial charge in [-0.2, -0.15) is 0 Å². The minimum absolute atomic E-state index is 0.0259. The van der Waals surface area contributed by atoms with Crippen molar-refractivity contribution in [3.63, 3.8) is 0 Å². The maximum absolute atomic E-state index is 14.2. The minimum Gasteiger partial charge on any atom is -0.444 e. The van der Waals surface area contributed by atoms with Crippen LogP contribution in [-0.4, -0.2) is 49.6 Å². The first-order valence-electron chi connectivity index (χ1n) is 7.97. The molecule has 148 valence electrons. The number of ether oxygens (including phenoxy) is 1. The first kappa shape index (κ1) is 20.6. The van der Waals surface area contributed by atoms with Gasteiger partial charge in [-0.1, -0.05) is 0 Å². The fourth-order valence-electron chi connectivity index (χ4n) is 2.33. The molecule has 0 bridgehead atoms. The molecule has 2 amide bonds. The molecule has 0 aliphatic carbocycles. The molecule has 0 aromatic heterocycles. The van der Waals surface area contributed by atoms with Crippen molar-refractivity contribution in [2.24, 2.45) is 4.99 Å². The smallest absolute Gasteiger partial charge is 0.414 e. The largest absolute Gasteiger partial charge is 0.444 e. The Morgan fingerprint density at radius 3 is 2.67 bits per heavy atom. The number of rotatable bonds is 3. The van der Waals surface area contributed by atoms with Crippen molar-refractivity contribution in [3.05, 3.63) is 29.6 Å². The molecule has 0 spiro atoms. The van der Waals surface area contributed by atoms with E-state index in [-0.39, 0.29) is 17.2 Å². The van der Waals surface area contributed by atoms with Gasteiger partial charge in [-0.3, -0.25) is 10.1 Å². The third-order valence-corrected chi connectivity index (χ3v) is 5.30. The van der Waals surface area contributed by atoms with Crippen LogP contribution < -0.4 is 10.6 Å². The van der Waals surface area contributed by atoms with Gasteiger partial charge in [-0.25, -0.2) is 26.9 Å². The van der Waals surface area contributed by atoms with Crippen LogP contribution in [0.5, 0.6) is 0 Å². The average Bonchev–Trinajstić information content (AvgIpc) is 2.51. The molecule has 1 unspecified atom stereocenters. The standard InChI is InChI=1S/C16H21FN4O5S/c1-16(2,3)26-15(23)20-14-19-13(8-27(24,25)21(14)4)11-7-10(18-9-22)5-6-12(11)17/h5-7,9,13H,8H2,1-4H3,(H,18,22)(H,19,20,23). The number of nitrogens with one attached hydrogen (secondary N) is 2. The molecule has 1 atom stereocenters. The van der Waals surface area contributed by atoms with Gasteiger partial charge in [0.1, 0.15) is 11.4 Å². The summed E-state index contributed by atoms with van der Waals surface area (Å²) in [5, 5.41) is 4.65. The van der Waals surface area contributed by atoms with Gasteiger partial charge >= 0.3 is 6.09 Å². The van der Waals surface area contributed by atoms with E-state index < -0.39 is 39.3 Å². The zero-order chi connectivity index (χ0) is 20.4. The third kappa shape index (κ3) is 5.16. The Kier molecular flexibility index (Phi) is 5.73. The van der Waals surface area contributed by atoms with E-state index in [0.717, 1.165) is 10.4 Å². The summed E-state index contributed by atoms with van der Waals surface area (Å²) in [7, 11) is -2.64. The minimum atomic E-state index is -3.86. The molecular weight excluding hydrogens is 379 g/mol. The lowest BCUT2D eigenvalue weighted by atomic mass is 10.1. The highest BCUT2D eigenvalue weighted by Crippen LogP contribution is 2.29. The maximum atomic E-state index is 14.2. The highest BCUT2D eigenvalue weighted by molar-refractivity contribution is 7.89. The summed E-state index contributed by atoms with van der Waals surface area (Å²) in [6.07, 6.45) is -0.470. The van der Waals surface area contributed by atoms with Crippen LogP contribution in [0.3, 0.4) is 0 Å². The molecule has 0 saturated heterocycles. The second-order valence-corrected chi connectivity index (χ2v) is 8.88. The molecule has 0 saturated carbocycles. The van der Waals surface area contributed by atoms with E-state index in [4.69, 9.17) is 4.74 Å². The Morgan fingerprint density at radius 2 is 2.07 bits per heavy atom. The summed E-state index contributed by atoms with van der Waals surface area (Å²) in [4.78, 5) is 26.7. The monoisotopic (exact) mass is 400 g/mol. The molecule has 1 aliphatic heterocycles. The topological polar surface area (TPSA) is 117 Å². The molecule has 1 aliphatic rings. The lowest BCUT2D eigenvalue weighted by molar-refractivity contribution is -0.105. The van der Waals surface area contributed by atoms with Crippen molar-refractivity contribution in [2.75, 3.05) is 18.1 Å². The zero-order valence-corrected chi connectivity index (χ0v) is 16.1. The van der Waals surface area contributed by atoms with Crippen LogP contribution in [-0.2, 0) is 19.6 Å². The van der Waals surface area contributed by atoms with Gasteiger partial charge in [-0.05, 0) is 39.0 Å². The van der Waals surface area contributed by atoms with E-state index in [1.807, 2.05) is 0 Å². The lowest BCUT2D eigenvalue weighted by Crippen LogP contribution is -2.50. The van der Waals surface area contributed by atoms with E-state index >= 15 is 0 Å². The molecule has 0 radical (unpaired) electrons. The van der Waals surface area contributed by atoms with Gasteiger partial charge in [0.05, 0.1) is 11.8 Å². The van der Waals surface area contributed by atoms with Crippen LogP contribution >= 0.6 is 0 Å². The Labute approximate surface area is 156 Å². The fourth-order valence-corrected chi connectivity index (χ4v) is 3.56. The molecular formula is C16H21FN4O5S. The predicted molar refractivity (Wildman–Crippen MR) is 97.2 cm³/mol. The molecule has 27 heavy (non-hydrogen) atoms. The van der Waals surface area contributed by atoms with Crippen molar-refractivity contribution in [3.8, 4) is 0 Å². The van der Waals surface area contributed by atoms with E-state index in [9.17, 15) is 22.4 Å². The zero-order valence-electron chi connectivity index (χ0n) is 15.3. The fraction of sp³-hybridized carbons (Fsp3) is 0.438. The number of nitrogens with zero attached hydrogens (tertiary/aromatic N) is 2. The number of carbonyl (C=O) groups excluding carboxylic acids is 2. The SMILES string of the molecule is CN1C(NC(=O)OC(C)(C)C)=NC(c2cc(NC=O)ccc2F)CS1(=O)=O. The van der Waals surface area contributed by atoms with Gasteiger partial charge in [0.2, 0.25) is 22.4 Å². The summed E-state index contributed by atoms with van der Waals surface area (Å²) in [5.41, 5.74) is -0.534. The van der Waals surface area contributed by atoms with E-state index in [1.165, 1.54) is 19.2 Å². The Bertz CT molecular complexity index is 879. The molecule has 11 heteroatoms. The number of benzene rings is 1. The van der Waals surface area contributed by atoms with Crippen LogP contribution in [0.4, 0.5) is 14.9 Å². The number of hydrogen-bond donors (Lipinski definition) is 2. The number of halogens is 1. The summed E-state index contributed by atoms with van der Waals surface area (Å²) in [5.74, 6) is -1.46. The molecule has 1 aromatic carbocycles. The van der Waals surface area contributed by atoms with E-state index in [0.29, 0.717) is 6.41 Å². The van der Waals surface area contributed by atoms with Gasteiger partial charge in [0, 0.05) is 18.3 Å². The number of guanidine groups is 1. The predicted octanol–water partition coefficient (Wildman–Crippen LogP) is 1.59. The van der Waals surface area contributed by atoms with Gasteiger partial charge < -0.3 is 10.1 Å². The first-order chi connectivity index (χ1) is 12.4. The highest BCUT2D eigenvalue weighted by Gasteiger charge is 2.35. The first-order valence-corrected chi connectivity index (χ1v) is 9.58. The molecule has 9 nitrogen and oxygen atoms in total. The summed E-state index contributed by atoms with van der Waals surface area (Å²) in [6, 6.07) is 2.62. The van der Waals surface area contributed by atoms with Crippen molar-refractivity contribution < 1.29 is 27.1 Å². The Hall–Kier alpha value is -2.69. The number of sulfonamides is 1. The van der Waals surface area contributed by atoms with Crippen molar-refractivity contribution >= 4 is 34.2 Å². The van der Waals surface area contributed by atoms with Crippen LogP contribution in [0.1, 0.15) is 32.4 Å². The number of alkyl carbamates (subject to hydrolysis) is 1. The van der Waals surface area contributed by atoms with Crippen LogP contribution in [0.15, 0.2) is 23.2 Å². The highest BCUT2D eigenvalue weighted by atomic mass is 32.2. The third-order valence-electron chi connectivity index (χ3n) is 3.56. The van der Waals surface area contributed by atoms with Crippen molar-refractivity contribution in [1.29, 1.82) is 0 Å². The normalized spacial score (nSPS) is 19.1. The van der Waals surface area contributed by atoms with Crippen LogP contribution in [0.25, 0.3) is 0 Å². The summed E-state index contributed by atoms with van der Waals surface area (Å²) >= 11 is 0. The van der Waals surface area contributed by atoms with Gasteiger partial charge in [0.25, 0.3) is 0 Å². The molecule has 2 N–H and O–H groups in total. The Balaban J connectivity index is 2.40. The summed E-state index contributed by atoms with van der Waals surface area (Å²) < 4.78 is 45.0. The number of carbonyl (C=O) groups is 2. The number of aliphatic imine (C=N–C) groups is 1. The lowest BCUT2D eigenvalue weighted by Gasteiger charge is -2.30. The molecule has 1 heterocycles. The van der Waals surface area contributed by atoms with E-state index in [1.54, 1.807) is 20.8 Å². The quantitative estimate of drug-likeness (QED) is 0.747. The Morgan fingerprint density at radius 1 is 1.41 bits per heavy atom. The summed E-state index contributed by atoms with van der Waals surface area (Å²) in [6.45, 7) is 4.96. The van der Waals surface area contributed by atoms with Crippen molar-refractivity contribution in [1.82, 2.24) is 9.62 Å². The number of hydrogen-bond acceptors (Lipinski definition) is 6. The van der Waals surface area contributed by atoms with E-state index in [2.05, 4.69) is 15.6 Å². The number of amides is 2. The molecule has 1 aromatic rings. The molecule has 2 rings (SSSR count). The second kappa shape index (κ2) is 7.51. The van der Waals surface area contributed by atoms with Gasteiger partial charge in [0.15, 0.2) is 0 Å². The van der Waals surface area contributed by atoms with Crippen LogP contribution in [0.2, 0.25) is 0 Å². The van der Waals surface area contributed by atoms with Crippen LogP contribution in [0, 0.1) is 5.82 Å². The maximum Gasteiger partial charge on any atom is 0.414 e. The number of anilines is 1. The molecule has 0 fully saturated rings. The van der Waals surface area contributed by atoms with Gasteiger partial charge in [-0.15, -0.1) is 0 Å². The second-order valence-electron chi connectivity index (χ2n) is 6.84. The van der Waals surface area contributed by atoms with Crippen molar-refractivity contribution in [2.45, 2.75) is 32.4 Å².